The number of furan rings is 1. The van der Waals surface area contributed by atoms with E-state index in [1.807, 2.05) is 24.3 Å². The van der Waals surface area contributed by atoms with Gasteiger partial charge in [0.15, 0.2) is 5.96 Å². The van der Waals surface area contributed by atoms with Gasteiger partial charge < -0.3 is 19.6 Å². The third kappa shape index (κ3) is 4.54. The van der Waals surface area contributed by atoms with Gasteiger partial charge in [-0.1, -0.05) is 0 Å². The summed E-state index contributed by atoms with van der Waals surface area (Å²) in [4.78, 5) is 4.18. The van der Waals surface area contributed by atoms with Crippen LogP contribution in [-0.2, 0) is 13.0 Å². The summed E-state index contributed by atoms with van der Waals surface area (Å²) in [6.07, 6.45) is 6.65. The van der Waals surface area contributed by atoms with Gasteiger partial charge in [0.25, 0.3) is 0 Å². The van der Waals surface area contributed by atoms with Crippen molar-refractivity contribution >= 4 is 5.96 Å². The van der Waals surface area contributed by atoms with Gasteiger partial charge >= 0.3 is 0 Å². The van der Waals surface area contributed by atoms with E-state index in [9.17, 15) is 0 Å². The quantitative estimate of drug-likeness (QED) is 0.611. The van der Waals surface area contributed by atoms with E-state index in [1.165, 1.54) is 0 Å². The summed E-state index contributed by atoms with van der Waals surface area (Å²) in [6, 6.07) is 7.93. The van der Waals surface area contributed by atoms with Crippen molar-refractivity contribution in [3.63, 3.8) is 0 Å². The number of nitrogens with one attached hydrogen (secondary N) is 2. The van der Waals surface area contributed by atoms with Crippen LogP contribution in [0.25, 0.3) is 0 Å². The number of guanidine groups is 1. The summed E-state index contributed by atoms with van der Waals surface area (Å²) in [6.45, 7) is 2.57. The molecule has 0 aliphatic rings. The SMILES string of the molecule is CN=C(NCCc1ccco1)NCCn1cccc1. The first-order chi connectivity index (χ1) is 9.38. The van der Waals surface area contributed by atoms with Crippen LogP contribution in [0.5, 0.6) is 0 Å². The summed E-state index contributed by atoms with van der Waals surface area (Å²) >= 11 is 0. The lowest BCUT2D eigenvalue weighted by Crippen LogP contribution is -2.39. The summed E-state index contributed by atoms with van der Waals surface area (Å²) in [5.41, 5.74) is 0. The van der Waals surface area contributed by atoms with Crippen LogP contribution in [0.2, 0.25) is 0 Å². The second kappa shape index (κ2) is 7.31. The van der Waals surface area contributed by atoms with E-state index in [2.05, 4.69) is 32.6 Å². The maximum atomic E-state index is 5.28. The molecule has 0 spiro atoms. The molecule has 5 heteroatoms. The molecule has 2 N–H and O–H groups in total. The number of rotatable bonds is 6. The van der Waals surface area contributed by atoms with Gasteiger partial charge in [-0.2, -0.15) is 0 Å². The van der Waals surface area contributed by atoms with E-state index in [0.717, 1.165) is 37.8 Å². The minimum atomic E-state index is 0.802. The van der Waals surface area contributed by atoms with Gasteiger partial charge in [0.2, 0.25) is 0 Å². The van der Waals surface area contributed by atoms with Crippen molar-refractivity contribution in [3.8, 4) is 0 Å². The van der Waals surface area contributed by atoms with E-state index in [4.69, 9.17) is 4.42 Å². The number of hydrogen-bond acceptors (Lipinski definition) is 2. The molecule has 0 aromatic carbocycles. The molecule has 0 aliphatic carbocycles. The fourth-order valence-corrected chi connectivity index (χ4v) is 1.80. The van der Waals surface area contributed by atoms with Crippen LogP contribution in [0.1, 0.15) is 5.76 Å². The van der Waals surface area contributed by atoms with Crippen molar-refractivity contribution in [2.45, 2.75) is 13.0 Å². The van der Waals surface area contributed by atoms with Gasteiger partial charge in [-0.05, 0) is 24.3 Å². The highest BCUT2D eigenvalue weighted by Crippen LogP contribution is 1.99. The highest BCUT2D eigenvalue weighted by atomic mass is 16.3. The molecule has 2 aromatic rings. The molecule has 0 amide bonds. The van der Waals surface area contributed by atoms with Gasteiger partial charge in [-0.25, -0.2) is 0 Å². The molecule has 0 bridgehead atoms. The van der Waals surface area contributed by atoms with Crippen LogP contribution in [0.15, 0.2) is 52.3 Å². The number of aliphatic imine (C=N–C) groups is 1. The summed E-state index contributed by atoms with van der Waals surface area (Å²) in [5, 5.41) is 6.53. The fourth-order valence-electron chi connectivity index (χ4n) is 1.80. The lowest BCUT2D eigenvalue weighted by molar-refractivity contribution is 0.506. The molecule has 0 saturated carbocycles. The van der Waals surface area contributed by atoms with Crippen molar-refractivity contribution in [1.29, 1.82) is 0 Å². The minimum Gasteiger partial charge on any atom is -0.469 e. The second-order valence-corrected chi connectivity index (χ2v) is 4.18. The Morgan fingerprint density at radius 3 is 2.68 bits per heavy atom. The van der Waals surface area contributed by atoms with E-state index in [1.54, 1.807) is 13.3 Å². The average molecular weight is 260 g/mol. The zero-order valence-corrected chi connectivity index (χ0v) is 11.2. The van der Waals surface area contributed by atoms with Crippen LogP contribution in [-0.4, -0.2) is 30.7 Å². The summed E-state index contributed by atoms with van der Waals surface area (Å²) in [7, 11) is 1.78. The van der Waals surface area contributed by atoms with Gasteiger partial charge in [-0.15, -0.1) is 0 Å². The molecule has 0 unspecified atom stereocenters. The number of nitrogens with zero attached hydrogens (tertiary/aromatic N) is 2. The van der Waals surface area contributed by atoms with Crippen LogP contribution < -0.4 is 10.6 Å². The smallest absolute Gasteiger partial charge is 0.191 e. The van der Waals surface area contributed by atoms with Crippen molar-refractivity contribution in [2.75, 3.05) is 20.1 Å². The molecule has 0 atom stereocenters. The molecular formula is C14H20N4O. The monoisotopic (exact) mass is 260 g/mol. The molecule has 0 fully saturated rings. The molecular weight excluding hydrogens is 240 g/mol. The lowest BCUT2D eigenvalue weighted by Gasteiger charge is -2.11. The molecule has 5 nitrogen and oxygen atoms in total. The first kappa shape index (κ1) is 13.3. The third-order valence-electron chi connectivity index (χ3n) is 2.80. The summed E-state index contributed by atoms with van der Waals surface area (Å²) in [5.74, 6) is 1.80. The Morgan fingerprint density at radius 2 is 2.00 bits per heavy atom. The van der Waals surface area contributed by atoms with E-state index in [-0.39, 0.29) is 0 Å². The molecule has 0 radical (unpaired) electrons. The van der Waals surface area contributed by atoms with E-state index in [0.29, 0.717) is 0 Å². The Kier molecular flexibility index (Phi) is 5.10. The van der Waals surface area contributed by atoms with E-state index < -0.39 is 0 Å². The largest absolute Gasteiger partial charge is 0.469 e. The lowest BCUT2D eigenvalue weighted by atomic mass is 10.3. The minimum absolute atomic E-state index is 0.802. The molecule has 19 heavy (non-hydrogen) atoms. The Labute approximate surface area is 113 Å². The molecule has 0 saturated heterocycles. The number of hydrogen-bond donors (Lipinski definition) is 2. The van der Waals surface area contributed by atoms with Gasteiger partial charge in [0.1, 0.15) is 5.76 Å². The first-order valence-corrected chi connectivity index (χ1v) is 6.46. The van der Waals surface area contributed by atoms with Crippen molar-refractivity contribution in [3.05, 3.63) is 48.7 Å². The van der Waals surface area contributed by atoms with Crippen molar-refractivity contribution in [2.24, 2.45) is 4.99 Å². The average Bonchev–Trinajstić information content (AvgIpc) is 3.10. The van der Waals surface area contributed by atoms with Crippen LogP contribution in [0.3, 0.4) is 0 Å². The van der Waals surface area contributed by atoms with Crippen molar-refractivity contribution < 1.29 is 4.42 Å². The topological polar surface area (TPSA) is 54.5 Å². The molecule has 2 heterocycles. The Hall–Kier alpha value is -2.17. The first-order valence-electron chi connectivity index (χ1n) is 6.46. The Morgan fingerprint density at radius 1 is 1.21 bits per heavy atom. The second-order valence-electron chi connectivity index (χ2n) is 4.18. The maximum Gasteiger partial charge on any atom is 0.191 e. The zero-order chi connectivity index (χ0) is 13.3. The molecule has 102 valence electrons. The van der Waals surface area contributed by atoms with Crippen LogP contribution >= 0.6 is 0 Å². The standard InChI is InChI=1S/C14H20N4O/c1-15-14(16-7-6-13-5-4-12-19-13)17-8-11-18-9-2-3-10-18/h2-5,9-10,12H,6-8,11H2,1H3,(H2,15,16,17). The molecule has 2 rings (SSSR count). The Balaban J connectivity index is 1.63. The molecule has 0 aliphatic heterocycles. The van der Waals surface area contributed by atoms with Crippen LogP contribution in [0.4, 0.5) is 0 Å². The predicted molar refractivity (Wildman–Crippen MR) is 76.2 cm³/mol. The van der Waals surface area contributed by atoms with Gasteiger partial charge in [-0.3, -0.25) is 4.99 Å². The van der Waals surface area contributed by atoms with Crippen LogP contribution in [0, 0.1) is 0 Å². The van der Waals surface area contributed by atoms with Crippen molar-refractivity contribution in [1.82, 2.24) is 15.2 Å². The normalized spacial score (nSPS) is 11.5. The number of aromatic nitrogens is 1. The highest BCUT2D eigenvalue weighted by Gasteiger charge is 1.99. The highest BCUT2D eigenvalue weighted by molar-refractivity contribution is 5.79. The zero-order valence-electron chi connectivity index (χ0n) is 11.2. The predicted octanol–water partition coefficient (Wildman–Crippen LogP) is 1.49. The van der Waals surface area contributed by atoms with Gasteiger partial charge in [0.05, 0.1) is 6.26 Å². The third-order valence-corrected chi connectivity index (χ3v) is 2.80. The fraction of sp³-hybridized carbons (Fsp3) is 0.357. The maximum absolute atomic E-state index is 5.28. The van der Waals surface area contributed by atoms with Gasteiger partial charge in [0, 0.05) is 45.5 Å². The summed E-state index contributed by atoms with van der Waals surface area (Å²) < 4.78 is 7.40. The molecule has 2 aromatic heterocycles. The Bertz CT molecular complexity index is 431. The van der Waals surface area contributed by atoms with E-state index >= 15 is 0 Å².